The number of thiophene rings is 1. The van der Waals surface area contributed by atoms with E-state index in [1.165, 1.54) is 12.1 Å². The summed E-state index contributed by atoms with van der Waals surface area (Å²) >= 11 is 1.57. The van der Waals surface area contributed by atoms with Crippen LogP contribution in [0.5, 0.6) is 0 Å². The Balaban J connectivity index is 2.11. The second-order valence-corrected chi connectivity index (χ2v) is 7.39. The minimum atomic E-state index is -3.64. The van der Waals surface area contributed by atoms with Crippen molar-refractivity contribution >= 4 is 21.4 Å². The fourth-order valence-corrected chi connectivity index (χ4v) is 3.69. The Hall–Kier alpha value is -1.28. The van der Waals surface area contributed by atoms with Crippen LogP contribution in [0.25, 0.3) is 0 Å². The van der Waals surface area contributed by atoms with Crippen LogP contribution < -0.4 is 4.72 Å². The van der Waals surface area contributed by atoms with Gasteiger partial charge in [-0.3, -0.25) is 0 Å². The van der Waals surface area contributed by atoms with Gasteiger partial charge in [0.15, 0.2) is 0 Å². The Morgan fingerprint density at radius 2 is 1.90 bits per heavy atom. The topological polar surface area (TPSA) is 49.4 Å². The number of sulfonamides is 1. The van der Waals surface area contributed by atoms with Crippen molar-refractivity contribution in [2.75, 3.05) is 20.6 Å². The minimum Gasteiger partial charge on any atom is -0.301 e. The van der Waals surface area contributed by atoms with E-state index in [4.69, 9.17) is 0 Å². The number of hydrogen-bond acceptors (Lipinski definition) is 4. The van der Waals surface area contributed by atoms with E-state index in [9.17, 15) is 12.8 Å². The van der Waals surface area contributed by atoms with Crippen molar-refractivity contribution in [1.29, 1.82) is 0 Å². The van der Waals surface area contributed by atoms with Gasteiger partial charge in [-0.05, 0) is 60.8 Å². The molecular formula is C14H17FN2O2S2. The lowest BCUT2D eigenvalue weighted by Crippen LogP contribution is -2.34. The number of benzene rings is 1. The zero-order valence-electron chi connectivity index (χ0n) is 11.8. The van der Waals surface area contributed by atoms with E-state index in [1.807, 2.05) is 35.8 Å². The van der Waals surface area contributed by atoms with Crippen molar-refractivity contribution in [2.45, 2.75) is 10.9 Å². The zero-order chi connectivity index (χ0) is 15.5. The Kier molecular flexibility index (Phi) is 5.10. The van der Waals surface area contributed by atoms with Crippen LogP contribution in [0.15, 0.2) is 46.0 Å². The first-order valence-corrected chi connectivity index (χ1v) is 8.76. The predicted octanol–water partition coefficient (Wildman–Crippen LogP) is 2.47. The van der Waals surface area contributed by atoms with Gasteiger partial charge in [-0.15, -0.1) is 0 Å². The van der Waals surface area contributed by atoms with Gasteiger partial charge in [0.25, 0.3) is 0 Å². The maximum absolute atomic E-state index is 12.9. The average molecular weight is 328 g/mol. The van der Waals surface area contributed by atoms with Crippen LogP contribution >= 0.6 is 11.3 Å². The molecule has 1 N–H and O–H groups in total. The summed E-state index contributed by atoms with van der Waals surface area (Å²) in [6.45, 7) is 0.253. The van der Waals surface area contributed by atoms with Crippen LogP contribution in [0.2, 0.25) is 0 Å². The Morgan fingerprint density at radius 1 is 1.24 bits per heavy atom. The van der Waals surface area contributed by atoms with Crippen LogP contribution in [0.1, 0.15) is 11.6 Å². The number of hydrogen-bond donors (Lipinski definition) is 1. The lowest BCUT2D eigenvalue weighted by Gasteiger charge is -2.24. The van der Waals surface area contributed by atoms with Crippen molar-refractivity contribution in [3.8, 4) is 0 Å². The first kappa shape index (κ1) is 16.1. The maximum Gasteiger partial charge on any atom is 0.240 e. The normalized spacial score (nSPS) is 13.5. The van der Waals surface area contributed by atoms with Gasteiger partial charge in [-0.25, -0.2) is 17.5 Å². The molecule has 2 rings (SSSR count). The third-order valence-corrected chi connectivity index (χ3v) is 5.28. The molecule has 4 nitrogen and oxygen atoms in total. The molecule has 0 amide bonds. The molecule has 0 unspecified atom stereocenters. The monoisotopic (exact) mass is 328 g/mol. The smallest absolute Gasteiger partial charge is 0.240 e. The molecule has 7 heteroatoms. The summed E-state index contributed by atoms with van der Waals surface area (Å²) < 4.78 is 39.8. The fourth-order valence-electron chi connectivity index (χ4n) is 1.95. The van der Waals surface area contributed by atoms with Gasteiger partial charge in [0.1, 0.15) is 5.82 Å². The van der Waals surface area contributed by atoms with Crippen molar-refractivity contribution in [1.82, 2.24) is 9.62 Å². The van der Waals surface area contributed by atoms with Crippen molar-refractivity contribution in [3.05, 3.63) is 52.5 Å². The molecule has 2 aromatic rings. The molecule has 0 aliphatic carbocycles. The quantitative estimate of drug-likeness (QED) is 0.886. The van der Waals surface area contributed by atoms with E-state index >= 15 is 0 Å². The summed E-state index contributed by atoms with van der Waals surface area (Å²) in [5.41, 5.74) is 1.06. The van der Waals surface area contributed by atoms with E-state index in [0.29, 0.717) is 0 Å². The SMILES string of the molecule is CN(C)[C@H](CNS(=O)(=O)c1ccc(F)cc1)c1ccsc1. The third-order valence-electron chi connectivity index (χ3n) is 3.14. The van der Waals surface area contributed by atoms with E-state index < -0.39 is 15.8 Å². The molecule has 1 aromatic heterocycles. The van der Waals surface area contributed by atoms with Crippen LogP contribution in [-0.2, 0) is 10.0 Å². The standard InChI is InChI=1S/C14H17FN2O2S2/c1-17(2)14(11-7-8-20-10-11)9-16-21(18,19)13-5-3-12(15)4-6-13/h3-8,10,14,16H,9H2,1-2H3/t14-/m1/s1. The first-order chi connectivity index (χ1) is 9.90. The van der Waals surface area contributed by atoms with Gasteiger partial charge in [0, 0.05) is 12.6 Å². The summed E-state index contributed by atoms with van der Waals surface area (Å²) in [5, 5.41) is 3.96. The summed E-state index contributed by atoms with van der Waals surface area (Å²) in [7, 11) is 0.158. The molecule has 1 atom stereocenters. The van der Waals surface area contributed by atoms with Crippen molar-refractivity contribution in [2.24, 2.45) is 0 Å². The zero-order valence-corrected chi connectivity index (χ0v) is 13.4. The van der Waals surface area contributed by atoms with E-state index in [-0.39, 0.29) is 17.5 Å². The number of nitrogens with zero attached hydrogens (tertiary/aromatic N) is 1. The molecule has 0 saturated carbocycles. The molecule has 0 spiro atoms. The average Bonchev–Trinajstić information content (AvgIpc) is 2.93. The molecule has 0 bridgehead atoms. The van der Waals surface area contributed by atoms with Gasteiger partial charge in [-0.2, -0.15) is 11.3 Å². The lowest BCUT2D eigenvalue weighted by molar-refractivity contribution is 0.300. The van der Waals surface area contributed by atoms with Crippen molar-refractivity contribution in [3.63, 3.8) is 0 Å². The highest BCUT2D eigenvalue weighted by Crippen LogP contribution is 2.21. The molecule has 21 heavy (non-hydrogen) atoms. The largest absolute Gasteiger partial charge is 0.301 e. The Labute approximate surface area is 128 Å². The summed E-state index contributed by atoms with van der Waals surface area (Å²) in [6, 6.07) is 6.71. The number of rotatable bonds is 6. The highest BCUT2D eigenvalue weighted by atomic mass is 32.2. The van der Waals surface area contributed by atoms with E-state index in [2.05, 4.69) is 4.72 Å². The fraction of sp³-hybridized carbons (Fsp3) is 0.286. The maximum atomic E-state index is 12.9. The van der Waals surface area contributed by atoms with E-state index in [0.717, 1.165) is 17.7 Å². The van der Waals surface area contributed by atoms with Gasteiger partial charge in [-0.1, -0.05) is 0 Å². The summed E-state index contributed by atoms with van der Waals surface area (Å²) in [6.07, 6.45) is 0. The summed E-state index contributed by atoms with van der Waals surface area (Å²) in [5.74, 6) is -0.460. The molecule has 0 aliphatic rings. The molecule has 0 saturated heterocycles. The molecule has 1 heterocycles. The molecule has 114 valence electrons. The molecule has 1 aromatic carbocycles. The van der Waals surface area contributed by atoms with Gasteiger partial charge in [0.2, 0.25) is 10.0 Å². The summed E-state index contributed by atoms with van der Waals surface area (Å²) in [4.78, 5) is 2.02. The molecule has 0 fully saturated rings. The highest BCUT2D eigenvalue weighted by molar-refractivity contribution is 7.89. The lowest BCUT2D eigenvalue weighted by atomic mass is 10.1. The molecule has 0 aliphatic heterocycles. The number of likely N-dealkylation sites (N-methyl/N-ethyl adjacent to an activating group) is 1. The molecular weight excluding hydrogens is 311 g/mol. The highest BCUT2D eigenvalue weighted by Gasteiger charge is 2.19. The first-order valence-electron chi connectivity index (χ1n) is 6.34. The Bertz CT molecular complexity index is 668. The molecule has 0 radical (unpaired) electrons. The predicted molar refractivity (Wildman–Crippen MR) is 82.3 cm³/mol. The number of nitrogens with one attached hydrogen (secondary N) is 1. The van der Waals surface area contributed by atoms with Crippen molar-refractivity contribution < 1.29 is 12.8 Å². The van der Waals surface area contributed by atoms with E-state index in [1.54, 1.807) is 11.3 Å². The minimum absolute atomic E-state index is 0.0496. The Morgan fingerprint density at radius 3 is 2.43 bits per heavy atom. The van der Waals surface area contributed by atoms with Crippen LogP contribution in [-0.4, -0.2) is 34.0 Å². The number of halogens is 1. The van der Waals surface area contributed by atoms with Gasteiger partial charge >= 0.3 is 0 Å². The van der Waals surface area contributed by atoms with Gasteiger partial charge in [0.05, 0.1) is 4.90 Å². The van der Waals surface area contributed by atoms with Crippen LogP contribution in [0, 0.1) is 5.82 Å². The second-order valence-electron chi connectivity index (χ2n) is 4.84. The van der Waals surface area contributed by atoms with Crippen LogP contribution in [0.4, 0.5) is 4.39 Å². The van der Waals surface area contributed by atoms with Crippen LogP contribution in [0.3, 0.4) is 0 Å². The second kappa shape index (κ2) is 6.65. The third kappa shape index (κ3) is 4.10. The van der Waals surface area contributed by atoms with Gasteiger partial charge < -0.3 is 4.90 Å².